The number of halogens is 1. The largest absolute Gasteiger partial charge is 0.479 e. The van der Waals surface area contributed by atoms with Gasteiger partial charge < -0.3 is 9.47 Å². The molecule has 4 aliphatic rings. The van der Waals surface area contributed by atoms with E-state index in [1.54, 1.807) is 24.3 Å². The molecule has 6 atom stereocenters. The molecule has 4 aliphatic carbocycles. The summed E-state index contributed by atoms with van der Waals surface area (Å²) in [5.41, 5.74) is 1.27. The van der Waals surface area contributed by atoms with Crippen molar-refractivity contribution in [1.82, 2.24) is 0 Å². The summed E-state index contributed by atoms with van der Waals surface area (Å²) in [5.74, 6) is 1.76. The van der Waals surface area contributed by atoms with E-state index in [2.05, 4.69) is 6.58 Å². The fourth-order valence-corrected chi connectivity index (χ4v) is 7.84. The third-order valence-electron chi connectivity index (χ3n) is 8.88. The lowest BCUT2D eigenvalue weighted by atomic mass is 9.44. The van der Waals surface area contributed by atoms with Gasteiger partial charge in [0.25, 0.3) is 0 Å². The molecular weight excluding hydrogens is 391 g/mol. The quantitative estimate of drug-likeness (QED) is 0.330. The number of para-hydroxylation sites is 1. The van der Waals surface area contributed by atoms with Gasteiger partial charge in [0.15, 0.2) is 11.6 Å². The van der Waals surface area contributed by atoms with Gasteiger partial charge in [-0.3, -0.25) is 0 Å². The number of carbonyl (C=O) groups is 1. The van der Waals surface area contributed by atoms with Crippen LogP contribution < -0.4 is 9.47 Å². The minimum atomic E-state index is -0.524. The highest BCUT2D eigenvalue weighted by atomic mass is 19.1. The summed E-state index contributed by atoms with van der Waals surface area (Å²) in [7, 11) is 0. The monoisotopic (exact) mass is 418 g/mol. The summed E-state index contributed by atoms with van der Waals surface area (Å²) in [5, 5.41) is 0. The van der Waals surface area contributed by atoms with E-state index >= 15 is 0 Å². The Hall–Kier alpha value is -2.62. The Morgan fingerprint density at radius 1 is 1.10 bits per heavy atom. The van der Waals surface area contributed by atoms with E-state index in [9.17, 15) is 9.18 Å². The SMILES string of the molecule is C=C(C)C1(Oc2cc(C(=O)Oc3ccccc3)ccc2F)C2CC3C1CC31CCCC21. The van der Waals surface area contributed by atoms with Gasteiger partial charge in [0, 0.05) is 11.8 Å². The van der Waals surface area contributed by atoms with E-state index in [1.807, 2.05) is 13.0 Å². The Labute approximate surface area is 182 Å². The molecular formula is C27H27FO3. The Morgan fingerprint density at radius 3 is 2.68 bits per heavy atom. The fourth-order valence-electron chi connectivity index (χ4n) is 7.84. The summed E-state index contributed by atoms with van der Waals surface area (Å²) in [6.07, 6.45) is 6.23. The van der Waals surface area contributed by atoms with Crippen molar-refractivity contribution in [2.75, 3.05) is 0 Å². The minimum Gasteiger partial charge on any atom is -0.479 e. The second kappa shape index (κ2) is 6.44. The Morgan fingerprint density at radius 2 is 1.90 bits per heavy atom. The smallest absolute Gasteiger partial charge is 0.343 e. The highest BCUT2D eigenvalue weighted by molar-refractivity contribution is 5.91. The minimum absolute atomic E-state index is 0.133. The Kier molecular flexibility index (Phi) is 3.97. The van der Waals surface area contributed by atoms with Crippen LogP contribution in [0.5, 0.6) is 11.5 Å². The average Bonchev–Trinajstić information content (AvgIpc) is 3.37. The first-order valence-corrected chi connectivity index (χ1v) is 11.4. The third-order valence-corrected chi connectivity index (χ3v) is 8.88. The second-order valence-electron chi connectivity index (χ2n) is 10.0. The van der Waals surface area contributed by atoms with Gasteiger partial charge in [0.1, 0.15) is 11.4 Å². The van der Waals surface area contributed by atoms with Crippen LogP contribution in [0.15, 0.2) is 60.7 Å². The van der Waals surface area contributed by atoms with Gasteiger partial charge in [-0.25, -0.2) is 9.18 Å². The molecule has 2 bridgehead atoms. The van der Waals surface area contributed by atoms with Crippen LogP contribution in [0.4, 0.5) is 4.39 Å². The molecule has 2 aromatic rings. The first-order valence-electron chi connectivity index (χ1n) is 11.4. The van der Waals surface area contributed by atoms with Gasteiger partial charge in [-0.15, -0.1) is 0 Å². The summed E-state index contributed by atoms with van der Waals surface area (Å²) in [6, 6.07) is 13.1. The lowest BCUT2D eigenvalue weighted by Gasteiger charge is -2.63. The molecule has 2 aromatic carbocycles. The molecule has 1 spiro atoms. The zero-order valence-corrected chi connectivity index (χ0v) is 17.8. The highest BCUT2D eigenvalue weighted by Gasteiger charge is 2.80. The first kappa shape index (κ1) is 19.1. The molecule has 4 saturated carbocycles. The number of benzene rings is 2. The van der Waals surface area contributed by atoms with Crippen molar-refractivity contribution < 1.29 is 18.7 Å². The van der Waals surface area contributed by atoms with Crippen LogP contribution in [0, 0.1) is 34.9 Å². The number of rotatable bonds is 5. The number of esters is 1. The molecule has 6 rings (SSSR count). The third kappa shape index (κ3) is 2.42. The maximum absolute atomic E-state index is 14.9. The molecule has 0 amide bonds. The maximum atomic E-state index is 14.9. The van der Waals surface area contributed by atoms with Gasteiger partial charge in [-0.1, -0.05) is 31.2 Å². The van der Waals surface area contributed by atoms with Crippen molar-refractivity contribution in [2.24, 2.45) is 29.1 Å². The predicted molar refractivity (Wildman–Crippen MR) is 115 cm³/mol. The lowest BCUT2D eigenvalue weighted by molar-refractivity contribution is -0.166. The van der Waals surface area contributed by atoms with E-state index in [0.29, 0.717) is 34.8 Å². The van der Waals surface area contributed by atoms with Crippen molar-refractivity contribution in [3.05, 3.63) is 72.1 Å². The van der Waals surface area contributed by atoms with Gasteiger partial charge in [-0.2, -0.15) is 0 Å². The van der Waals surface area contributed by atoms with Gasteiger partial charge >= 0.3 is 5.97 Å². The number of hydrogen-bond acceptors (Lipinski definition) is 3. The molecule has 4 fully saturated rings. The number of hydrogen-bond donors (Lipinski definition) is 0. The van der Waals surface area contributed by atoms with Crippen molar-refractivity contribution in [3.8, 4) is 11.5 Å². The van der Waals surface area contributed by atoms with Crippen LogP contribution in [-0.4, -0.2) is 11.6 Å². The van der Waals surface area contributed by atoms with Crippen LogP contribution in [0.1, 0.15) is 49.4 Å². The molecule has 6 unspecified atom stereocenters. The van der Waals surface area contributed by atoms with E-state index in [1.165, 1.54) is 50.3 Å². The number of ether oxygens (including phenoxy) is 2. The molecule has 3 nitrogen and oxygen atoms in total. The Bertz CT molecular complexity index is 1080. The van der Waals surface area contributed by atoms with E-state index < -0.39 is 17.4 Å². The molecule has 0 heterocycles. The van der Waals surface area contributed by atoms with Gasteiger partial charge in [0.05, 0.1) is 5.56 Å². The average molecular weight is 419 g/mol. The van der Waals surface area contributed by atoms with Crippen LogP contribution in [0.3, 0.4) is 0 Å². The zero-order chi connectivity index (χ0) is 21.4. The summed E-state index contributed by atoms with van der Waals surface area (Å²) >= 11 is 0. The molecule has 0 radical (unpaired) electrons. The first-order chi connectivity index (χ1) is 15.0. The summed E-state index contributed by atoms with van der Waals surface area (Å²) in [6.45, 7) is 6.34. The topological polar surface area (TPSA) is 35.5 Å². The van der Waals surface area contributed by atoms with Crippen molar-refractivity contribution in [3.63, 3.8) is 0 Å². The van der Waals surface area contributed by atoms with Crippen molar-refractivity contribution in [1.29, 1.82) is 0 Å². The molecule has 0 N–H and O–H groups in total. The highest BCUT2D eigenvalue weighted by Crippen LogP contribution is 2.82. The molecule has 0 saturated heterocycles. The Balaban J connectivity index is 1.32. The zero-order valence-electron chi connectivity index (χ0n) is 17.8. The molecule has 0 aromatic heterocycles. The normalized spacial score (nSPS) is 36.6. The molecule has 4 heteroatoms. The maximum Gasteiger partial charge on any atom is 0.343 e. The molecule has 160 valence electrons. The lowest BCUT2D eigenvalue weighted by Crippen LogP contribution is -2.64. The number of fused-ring (bicyclic) bond motifs is 2. The fraction of sp³-hybridized carbons (Fsp3) is 0.444. The molecule has 0 aliphatic heterocycles. The second-order valence-corrected chi connectivity index (χ2v) is 10.0. The number of carbonyl (C=O) groups excluding carboxylic acids is 1. The summed E-state index contributed by atoms with van der Waals surface area (Å²) < 4.78 is 26.9. The van der Waals surface area contributed by atoms with Gasteiger partial charge in [0.2, 0.25) is 0 Å². The van der Waals surface area contributed by atoms with Crippen LogP contribution in [-0.2, 0) is 0 Å². The van der Waals surface area contributed by atoms with Crippen LogP contribution in [0.25, 0.3) is 0 Å². The van der Waals surface area contributed by atoms with Crippen molar-refractivity contribution >= 4 is 5.97 Å². The standard InChI is InChI=1S/C27H27FO3/c1-16(2)27(21-14-20-22(27)15-26(20)12-6-9-19(21)26)31-24-13-17(10-11-23(24)28)25(29)30-18-7-4-3-5-8-18/h3-5,7-8,10-11,13,19-22H,1,6,9,12,14-15H2,2H3. The van der Waals surface area contributed by atoms with E-state index in [-0.39, 0.29) is 11.3 Å². The summed E-state index contributed by atoms with van der Waals surface area (Å²) in [4.78, 5) is 12.7. The van der Waals surface area contributed by atoms with Gasteiger partial charge in [-0.05, 0) is 85.8 Å². The van der Waals surface area contributed by atoms with Crippen LogP contribution in [0.2, 0.25) is 0 Å². The van der Waals surface area contributed by atoms with Crippen molar-refractivity contribution in [2.45, 2.75) is 44.6 Å². The van der Waals surface area contributed by atoms with E-state index in [0.717, 1.165) is 5.57 Å². The van der Waals surface area contributed by atoms with E-state index in [4.69, 9.17) is 9.47 Å². The molecule has 31 heavy (non-hydrogen) atoms. The van der Waals surface area contributed by atoms with Crippen LogP contribution >= 0.6 is 0 Å². The predicted octanol–water partition coefficient (Wildman–Crippen LogP) is 6.19.